The van der Waals surface area contributed by atoms with Gasteiger partial charge in [0.2, 0.25) is 5.95 Å². The van der Waals surface area contributed by atoms with Crippen molar-refractivity contribution in [3.8, 4) is 0 Å². The number of anilines is 4. The van der Waals surface area contributed by atoms with Crippen LogP contribution in [-0.4, -0.2) is 51.1 Å². The molecule has 4 rings (SSSR count). The fourth-order valence-corrected chi connectivity index (χ4v) is 3.42. The molecule has 1 amide bonds. The minimum Gasteiger partial charge on any atom is -0.372 e. The summed E-state index contributed by atoms with van der Waals surface area (Å²) in [6.07, 6.45) is 8.32. The number of rotatable bonds is 5. The van der Waals surface area contributed by atoms with E-state index < -0.39 is 0 Å². The lowest BCUT2D eigenvalue weighted by Crippen LogP contribution is -2.46. The Morgan fingerprint density at radius 1 is 1.00 bits per heavy atom. The molecule has 3 aromatic rings. The summed E-state index contributed by atoms with van der Waals surface area (Å²) < 4.78 is 5.75. The maximum atomic E-state index is 12.8. The number of hydrogen-bond donors (Lipinski definition) is 2. The molecule has 3 aromatic heterocycles. The molecule has 1 saturated heterocycles. The van der Waals surface area contributed by atoms with Crippen molar-refractivity contribution in [1.29, 1.82) is 0 Å². The van der Waals surface area contributed by atoms with Crippen molar-refractivity contribution >= 4 is 29.0 Å². The minimum absolute atomic E-state index is 0.107. The molecule has 1 aliphatic rings. The Labute approximate surface area is 180 Å². The average Bonchev–Trinajstić information content (AvgIpc) is 2.76. The molecule has 0 radical (unpaired) electrons. The molecule has 1 fully saturated rings. The predicted molar refractivity (Wildman–Crippen MR) is 119 cm³/mol. The fourth-order valence-electron chi connectivity index (χ4n) is 3.42. The quantitative estimate of drug-likeness (QED) is 0.650. The highest BCUT2D eigenvalue weighted by molar-refractivity contribution is 6.05. The maximum Gasteiger partial charge on any atom is 0.258 e. The van der Waals surface area contributed by atoms with Crippen molar-refractivity contribution < 1.29 is 9.53 Å². The Morgan fingerprint density at radius 3 is 2.42 bits per heavy atom. The van der Waals surface area contributed by atoms with E-state index in [1.54, 1.807) is 24.7 Å². The molecular formula is C22H25N7O2. The highest BCUT2D eigenvalue weighted by Gasteiger charge is 2.24. The Kier molecular flexibility index (Phi) is 6.03. The van der Waals surface area contributed by atoms with Crippen molar-refractivity contribution in [2.24, 2.45) is 0 Å². The molecule has 0 spiro atoms. The molecule has 0 bridgehead atoms. The first-order valence-corrected chi connectivity index (χ1v) is 10.2. The van der Waals surface area contributed by atoms with E-state index in [2.05, 4.69) is 35.5 Å². The van der Waals surface area contributed by atoms with Crippen molar-refractivity contribution in [3.63, 3.8) is 0 Å². The summed E-state index contributed by atoms with van der Waals surface area (Å²) in [5, 5.41) is 6.07. The molecule has 2 atom stereocenters. The molecule has 160 valence electrons. The lowest BCUT2D eigenvalue weighted by molar-refractivity contribution is -0.00572. The van der Waals surface area contributed by atoms with Gasteiger partial charge in [0.15, 0.2) is 0 Å². The van der Waals surface area contributed by atoms with Crippen LogP contribution in [0.25, 0.3) is 0 Å². The lowest BCUT2D eigenvalue weighted by atomic mass is 10.2. The van der Waals surface area contributed by atoms with Crippen LogP contribution < -0.4 is 15.5 Å². The lowest BCUT2D eigenvalue weighted by Gasteiger charge is -2.35. The Morgan fingerprint density at radius 2 is 1.74 bits per heavy atom. The van der Waals surface area contributed by atoms with Gasteiger partial charge in [-0.25, -0.2) is 15.0 Å². The van der Waals surface area contributed by atoms with E-state index in [-0.39, 0.29) is 18.1 Å². The number of morpholine rings is 1. The van der Waals surface area contributed by atoms with E-state index in [1.807, 2.05) is 32.9 Å². The Balaban J connectivity index is 1.45. The van der Waals surface area contributed by atoms with Gasteiger partial charge in [-0.15, -0.1) is 0 Å². The van der Waals surface area contributed by atoms with Gasteiger partial charge in [0.25, 0.3) is 5.91 Å². The van der Waals surface area contributed by atoms with E-state index in [4.69, 9.17) is 4.74 Å². The van der Waals surface area contributed by atoms with Gasteiger partial charge in [-0.05, 0) is 38.5 Å². The van der Waals surface area contributed by atoms with Gasteiger partial charge < -0.3 is 20.3 Å². The molecule has 0 aromatic carbocycles. The number of aromatic nitrogens is 4. The summed E-state index contributed by atoms with van der Waals surface area (Å²) in [4.78, 5) is 32.1. The van der Waals surface area contributed by atoms with Crippen LogP contribution in [0.1, 0.15) is 29.8 Å². The smallest absolute Gasteiger partial charge is 0.258 e. The SMILES string of the molecule is Cc1ccc(Nc2cnccc2NC(=O)c2cnc(N3C[C@@H](C)O[C@@H](C)C3)nc2)nc1. The molecule has 0 unspecified atom stereocenters. The third-order valence-electron chi connectivity index (χ3n) is 4.85. The molecule has 9 heteroatoms. The van der Waals surface area contributed by atoms with Gasteiger partial charge in [0.1, 0.15) is 5.82 Å². The normalized spacial score (nSPS) is 18.5. The van der Waals surface area contributed by atoms with E-state index in [1.165, 1.54) is 12.4 Å². The first-order valence-electron chi connectivity index (χ1n) is 10.2. The summed E-state index contributed by atoms with van der Waals surface area (Å²) in [5.41, 5.74) is 2.66. The zero-order chi connectivity index (χ0) is 21.8. The summed E-state index contributed by atoms with van der Waals surface area (Å²) in [6.45, 7) is 7.46. The molecule has 9 nitrogen and oxygen atoms in total. The van der Waals surface area contributed by atoms with E-state index in [0.29, 0.717) is 28.7 Å². The van der Waals surface area contributed by atoms with Crippen LogP contribution in [0.3, 0.4) is 0 Å². The first kappa shape index (κ1) is 20.7. The second-order valence-corrected chi connectivity index (χ2v) is 7.66. The van der Waals surface area contributed by atoms with Gasteiger partial charge in [-0.1, -0.05) is 6.07 Å². The number of aryl methyl sites for hydroxylation is 1. The Bertz CT molecular complexity index is 1030. The highest BCUT2D eigenvalue weighted by atomic mass is 16.5. The van der Waals surface area contributed by atoms with Gasteiger partial charge in [-0.3, -0.25) is 9.78 Å². The standard InChI is InChI=1S/C22H25N7O2/c1-14-4-5-20(24-8-14)27-19-11-23-7-6-18(19)28-21(30)17-9-25-22(26-10-17)29-12-15(2)31-16(3)13-29/h4-11,15-16H,12-13H2,1-3H3,(H,24,27)(H,23,28,30)/t15-,16+. The largest absolute Gasteiger partial charge is 0.372 e. The second kappa shape index (κ2) is 9.05. The topological polar surface area (TPSA) is 105 Å². The van der Waals surface area contributed by atoms with Gasteiger partial charge in [0, 0.05) is 37.9 Å². The number of nitrogens with zero attached hydrogens (tertiary/aromatic N) is 5. The molecule has 0 aliphatic carbocycles. The number of carbonyl (C=O) groups is 1. The van der Waals surface area contributed by atoms with Crippen LogP contribution in [0.4, 0.5) is 23.1 Å². The van der Waals surface area contributed by atoms with Gasteiger partial charge in [0.05, 0.1) is 35.3 Å². The van der Waals surface area contributed by atoms with Crippen molar-refractivity contribution in [2.45, 2.75) is 33.0 Å². The van der Waals surface area contributed by atoms with E-state index >= 15 is 0 Å². The van der Waals surface area contributed by atoms with Crippen LogP contribution in [-0.2, 0) is 4.74 Å². The number of amides is 1. The molecule has 4 heterocycles. The minimum atomic E-state index is -0.304. The van der Waals surface area contributed by atoms with Crippen LogP contribution in [0.15, 0.2) is 49.2 Å². The molecule has 1 aliphatic heterocycles. The number of nitrogens with one attached hydrogen (secondary N) is 2. The van der Waals surface area contributed by atoms with Gasteiger partial charge >= 0.3 is 0 Å². The zero-order valence-corrected chi connectivity index (χ0v) is 17.7. The van der Waals surface area contributed by atoms with E-state index in [0.717, 1.165) is 18.7 Å². The third-order valence-corrected chi connectivity index (χ3v) is 4.85. The van der Waals surface area contributed by atoms with Crippen molar-refractivity contribution in [3.05, 3.63) is 60.3 Å². The number of ether oxygens (including phenoxy) is 1. The molecule has 0 saturated carbocycles. The van der Waals surface area contributed by atoms with Crippen LogP contribution in [0.5, 0.6) is 0 Å². The predicted octanol–water partition coefficient (Wildman–Crippen LogP) is 3.18. The highest BCUT2D eigenvalue weighted by Crippen LogP contribution is 2.24. The van der Waals surface area contributed by atoms with Crippen LogP contribution in [0, 0.1) is 6.92 Å². The van der Waals surface area contributed by atoms with E-state index in [9.17, 15) is 4.79 Å². The number of hydrogen-bond acceptors (Lipinski definition) is 8. The fraction of sp³-hybridized carbons (Fsp3) is 0.318. The second-order valence-electron chi connectivity index (χ2n) is 7.66. The van der Waals surface area contributed by atoms with Crippen LogP contribution in [0.2, 0.25) is 0 Å². The monoisotopic (exact) mass is 419 g/mol. The summed E-state index contributed by atoms with van der Waals surface area (Å²) in [7, 11) is 0. The molecule has 31 heavy (non-hydrogen) atoms. The average molecular weight is 419 g/mol. The number of pyridine rings is 2. The van der Waals surface area contributed by atoms with Crippen LogP contribution >= 0.6 is 0 Å². The number of carbonyl (C=O) groups excluding carboxylic acids is 1. The zero-order valence-electron chi connectivity index (χ0n) is 17.7. The summed E-state index contributed by atoms with van der Waals surface area (Å²) in [6, 6.07) is 5.55. The maximum absolute atomic E-state index is 12.8. The van der Waals surface area contributed by atoms with Gasteiger partial charge in [-0.2, -0.15) is 0 Å². The third kappa shape index (κ3) is 5.13. The first-order chi connectivity index (χ1) is 15.0. The Hall–Kier alpha value is -3.59. The summed E-state index contributed by atoms with van der Waals surface area (Å²) >= 11 is 0. The molecular weight excluding hydrogens is 394 g/mol. The van der Waals surface area contributed by atoms with Crippen molar-refractivity contribution in [1.82, 2.24) is 19.9 Å². The molecule has 2 N–H and O–H groups in total. The summed E-state index contributed by atoms with van der Waals surface area (Å²) in [5.74, 6) is 0.951. The van der Waals surface area contributed by atoms with Crippen molar-refractivity contribution in [2.75, 3.05) is 28.6 Å².